The molecule has 0 aromatic heterocycles. The number of rotatable bonds is 7. The van der Waals surface area contributed by atoms with Crippen LogP contribution in [0, 0.1) is 11.8 Å². The quantitative estimate of drug-likeness (QED) is 0.646. The molecule has 0 fully saturated rings. The molecule has 0 saturated carbocycles. The van der Waals surface area contributed by atoms with E-state index in [1.54, 1.807) is 0 Å². The largest absolute Gasteiger partial charge is 0.392 e. The lowest BCUT2D eigenvalue weighted by atomic mass is 10.2. The minimum absolute atomic E-state index is 0.371. The second kappa shape index (κ2) is 8.00. The van der Waals surface area contributed by atoms with Crippen LogP contribution in [-0.4, -0.2) is 21.3 Å². The molecule has 0 saturated heterocycles. The first-order chi connectivity index (χ1) is 8.54. The SMILES string of the molecule is CO[CH](c1ccccc1)[Al]([CH2]C(C)C)[CH2]C(C)C. The van der Waals surface area contributed by atoms with Crippen LogP contribution in [0.25, 0.3) is 0 Å². The van der Waals surface area contributed by atoms with Crippen molar-refractivity contribution in [1.82, 2.24) is 0 Å². The maximum absolute atomic E-state index is 5.86. The van der Waals surface area contributed by atoms with Gasteiger partial charge in [0.1, 0.15) is 0 Å². The first kappa shape index (κ1) is 15.8. The van der Waals surface area contributed by atoms with E-state index in [0.717, 1.165) is 11.8 Å². The van der Waals surface area contributed by atoms with Crippen LogP contribution >= 0.6 is 0 Å². The van der Waals surface area contributed by atoms with Crippen molar-refractivity contribution in [2.24, 2.45) is 11.8 Å². The molecule has 0 aliphatic rings. The Morgan fingerprint density at radius 1 is 0.944 bits per heavy atom. The number of hydrogen-bond acceptors (Lipinski definition) is 1. The van der Waals surface area contributed by atoms with Gasteiger partial charge in [0, 0.05) is 12.1 Å². The Morgan fingerprint density at radius 2 is 1.44 bits per heavy atom. The summed E-state index contributed by atoms with van der Waals surface area (Å²) >= 11 is -0.913. The van der Waals surface area contributed by atoms with Crippen LogP contribution in [0.3, 0.4) is 0 Å². The van der Waals surface area contributed by atoms with Crippen LogP contribution in [0.2, 0.25) is 10.6 Å². The molecule has 0 aliphatic carbocycles. The van der Waals surface area contributed by atoms with Crippen LogP contribution in [0.15, 0.2) is 30.3 Å². The highest BCUT2D eigenvalue weighted by atomic mass is 27.2. The molecule has 1 atom stereocenters. The van der Waals surface area contributed by atoms with Crippen LogP contribution < -0.4 is 0 Å². The minimum Gasteiger partial charge on any atom is -0.392 e. The summed E-state index contributed by atoms with van der Waals surface area (Å²) < 4.78 is 5.86. The molecule has 1 nitrogen and oxygen atoms in total. The predicted octanol–water partition coefficient (Wildman–Crippen LogP) is 4.72. The van der Waals surface area contributed by atoms with Gasteiger partial charge < -0.3 is 4.74 Å². The van der Waals surface area contributed by atoms with Crippen LogP contribution in [-0.2, 0) is 4.74 Å². The summed E-state index contributed by atoms with van der Waals surface area (Å²) in [7, 11) is 1.87. The van der Waals surface area contributed by atoms with Crippen molar-refractivity contribution in [1.29, 1.82) is 0 Å². The standard InChI is InChI=1S/C8H9O.2C4H9.Al/c1-9-7-8-5-3-2-4-6-8;2*1-4(2)3;/h2-7H,1H3;2*4H,1H2,2-3H3;. The van der Waals surface area contributed by atoms with Gasteiger partial charge in [-0.2, -0.15) is 0 Å². The Morgan fingerprint density at radius 3 is 1.83 bits per heavy atom. The molecule has 0 heterocycles. The molecule has 1 unspecified atom stereocenters. The van der Waals surface area contributed by atoms with E-state index >= 15 is 0 Å². The topological polar surface area (TPSA) is 9.23 Å². The van der Waals surface area contributed by atoms with Gasteiger partial charge >= 0.3 is 14.1 Å². The van der Waals surface area contributed by atoms with Crippen molar-refractivity contribution in [3.8, 4) is 0 Å². The summed E-state index contributed by atoms with van der Waals surface area (Å²) in [4.78, 5) is 0.371. The molecule has 18 heavy (non-hydrogen) atoms. The fraction of sp³-hybridized carbons (Fsp3) is 0.625. The summed E-state index contributed by atoms with van der Waals surface area (Å²) in [5, 5.41) is 2.73. The van der Waals surface area contributed by atoms with Gasteiger partial charge in [0.25, 0.3) is 0 Å². The first-order valence-corrected chi connectivity index (χ1v) is 9.42. The molecular weight excluding hydrogens is 235 g/mol. The Kier molecular flexibility index (Phi) is 7.01. The fourth-order valence-electron chi connectivity index (χ4n) is 2.80. The average Bonchev–Trinajstić information content (AvgIpc) is 2.29. The summed E-state index contributed by atoms with van der Waals surface area (Å²) in [6.45, 7) is 9.33. The zero-order chi connectivity index (χ0) is 13.5. The maximum Gasteiger partial charge on any atom is 0.314 e. The van der Waals surface area contributed by atoms with Crippen molar-refractivity contribution >= 4 is 14.1 Å². The van der Waals surface area contributed by atoms with Crippen molar-refractivity contribution in [2.45, 2.75) is 43.2 Å². The molecule has 1 aromatic rings. The summed E-state index contributed by atoms with van der Waals surface area (Å²) in [6.07, 6.45) is 0. The third-order valence-corrected chi connectivity index (χ3v) is 7.97. The first-order valence-electron chi connectivity index (χ1n) is 7.12. The molecule has 1 aromatic carbocycles. The highest BCUT2D eigenvalue weighted by Crippen LogP contribution is 2.28. The second-order valence-electron chi connectivity index (χ2n) is 6.09. The van der Waals surface area contributed by atoms with Crippen LogP contribution in [0.5, 0.6) is 0 Å². The molecule has 1 rings (SSSR count). The lowest BCUT2D eigenvalue weighted by Crippen LogP contribution is -2.28. The molecule has 0 N–H and O–H groups in total. The van der Waals surface area contributed by atoms with Crippen LogP contribution in [0.4, 0.5) is 0 Å². The molecule has 2 heteroatoms. The van der Waals surface area contributed by atoms with E-state index in [2.05, 4.69) is 58.0 Å². The van der Waals surface area contributed by atoms with E-state index in [1.165, 1.54) is 16.1 Å². The summed E-state index contributed by atoms with van der Waals surface area (Å²) in [6, 6.07) is 10.8. The number of ether oxygens (including phenoxy) is 1. The Hall–Kier alpha value is -0.288. The fourth-order valence-corrected chi connectivity index (χ4v) is 7.06. The monoisotopic (exact) mass is 262 g/mol. The van der Waals surface area contributed by atoms with Gasteiger partial charge in [0.05, 0.1) is 0 Å². The third kappa shape index (κ3) is 5.14. The van der Waals surface area contributed by atoms with Gasteiger partial charge in [-0.1, -0.05) is 80.4 Å². The highest BCUT2D eigenvalue weighted by Gasteiger charge is 2.30. The second-order valence-corrected chi connectivity index (χ2v) is 9.15. The van der Waals surface area contributed by atoms with Gasteiger partial charge in [-0.3, -0.25) is 0 Å². The molecule has 0 spiro atoms. The van der Waals surface area contributed by atoms with Crippen molar-refractivity contribution < 1.29 is 4.74 Å². The van der Waals surface area contributed by atoms with E-state index in [0.29, 0.717) is 4.97 Å². The van der Waals surface area contributed by atoms with E-state index < -0.39 is 14.1 Å². The smallest absolute Gasteiger partial charge is 0.314 e. The molecule has 0 amide bonds. The zero-order valence-corrected chi connectivity index (χ0v) is 13.7. The molecular formula is C16H27AlO. The van der Waals surface area contributed by atoms with Gasteiger partial charge in [-0.25, -0.2) is 0 Å². The van der Waals surface area contributed by atoms with Crippen molar-refractivity contribution in [3.63, 3.8) is 0 Å². The normalized spacial score (nSPS) is 13.1. The van der Waals surface area contributed by atoms with Gasteiger partial charge in [-0.15, -0.1) is 0 Å². The average molecular weight is 262 g/mol. The lowest BCUT2D eigenvalue weighted by molar-refractivity contribution is 0.161. The highest BCUT2D eigenvalue weighted by molar-refractivity contribution is 6.60. The van der Waals surface area contributed by atoms with Gasteiger partial charge in [-0.05, 0) is 5.56 Å². The lowest BCUT2D eigenvalue weighted by Gasteiger charge is -2.25. The Balaban J connectivity index is 2.86. The van der Waals surface area contributed by atoms with E-state index in [9.17, 15) is 0 Å². The minimum atomic E-state index is -0.913. The predicted molar refractivity (Wildman–Crippen MR) is 81.2 cm³/mol. The number of benzene rings is 1. The van der Waals surface area contributed by atoms with Gasteiger partial charge in [0.15, 0.2) is 0 Å². The summed E-state index contributed by atoms with van der Waals surface area (Å²) in [5.41, 5.74) is 1.37. The Labute approximate surface area is 117 Å². The molecule has 100 valence electrons. The number of methoxy groups -OCH3 is 1. The molecule has 0 aliphatic heterocycles. The van der Waals surface area contributed by atoms with Crippen LogP contribution in [0.1, 0.15) is 38.2 Å². The maximum atomic E-state index is 5.86. The Bertz CT molecular complexity index is 311. The summed E-state index contributed by atoms with van der Waals surface area (Å²) in [5.74, 6) is 1.56. The van der Waals surface area contributed by atoms with E-state index in [-0.39, 0.29) is 0 Å². The van der Waals surface area contributed by atoms with E-state index in [4.69, 9.17) is 4.74 Å². The van der Waals surface area contributed by atoms with Gasteiger partial charge in [0.2, 0.25) is 0 Å². The van der Waals surface area contributed by atoms with Crippen molar-refractivity contribution in [3.05, 3.63) is 35.9 Å². The molecule has 0 bridgehead atoms. The zero-order valence-electron chi connectivity index (χ0n) is 12.5. The van der Waals surface area contributed by atoms with E-state index in [1.807, 2.05) is 7.11 Å². The number of hydrogen-bond donors (Lipinski definition) is 0. The molecule has 0 radical (unpaired) electrons. The van der Waals surface area contributed by atoms with Crippen molar-refractivity contribution in [2.75, 3.05) is 7.11 Å². The third-order valence-electron chi connectivity index (χ3n) is 3.36.